The highest BCUT2D eigenvalue weighted by Crippen LogP contribution is 2.46. The van der Waals surface area contributed by atoms with Crippen LogP contribution in [0.15, 0.2) is 0 Å². The Morgan fingerprint density at radius 1 is 0.767 bits per heavy atom. The number of nitrogens with zero attached hydrogens (tertiary/aromatic N) is 2. The quantitative estimate of drug-likeness (QED) is 0.681. The molecule has 0 radical (unpaired) electrons. The highest BCUT2D eigenvalue weighted by Gasteiger charge is 2.47. The van der Waals surface area contributed by atoms with Gasteiger partial charge in [0.15, 0.2) is 0 Å². The Bertz CT molecular complexity index is 641. The third-order valence-corrected chi connectivity index (χ3v) is 8.76. The summed E-state index contributed by atoms with van der Waals surface area (Å²) in [7, 11) is 0. The van der Waals surface area contributed by atoms with Crippen LogP contribution in [0.1, 0.15) is 84.0 Å². The van der Waals surface area contributed by atoms with Gasteiger partial charge in [0.1, 0.15) is 0 Å². The molecule has 0 spiro atoms. The molecule has 1 heterocycles. The van der Waals surface area contributed by atoms with Gasteiger partial charge >= 0.3 is 0 Å². The lowest BCUT2D eigenvalue weighted by Crippen LogP contribution is -2.53. The fourth-order valence-electron chi connectivity index (χ4n) is 6.22. The highest BCUT2D eigenvalue weighted by molar-refractivity contribution is 5.85. The van der Waals surface area contributed by atoms with Crippen LogP contribution in [0, 0.1) is 23.2 Å². The third kappa shape index (κ3) is 4.56. The summed E-state index contributed by atoms with van der Waals surface area (Å²) in [5.41, 5.74) is -0.0909. The minimum atomic E-state index is -0.0909. The second-order valence-electron chi connectivity index (χ2n) is 11.2. The number of piperazine rings is 1. The first kappa shape index (κ1) is 20.8. The Morgan fingerprint density at radius 3 is 2.07 bits per heavy atom. The van der Waals surface area contributed by atoms with Crippen LogP contribution in [0.2, 0.25) is 0 Å². The van der Waals surface area contributed by atoms with Crippen LogP contribution in [0.4, 0.5) is 0 Å². The fraction of sp³-hybridized carbons (Fsp3) is 0.920. The number of hydrogen-bond acceptors (Lipinski definition) is 3. The van der Waals surface area contributed by atoms with Gasteiger partial charge in [-0.15, -0.1) is 0 Å². The standard InChI is InChI=1S/C25H40N2O3/c1-25(11-12-25)24(29)27-15-13-26(14-16-27)23(28)19-7-5-18(6-8-19)20-3-2-4-22(17-20)30-21-9-10-21/h18-22H,2-17H2,1H3. The lowest BCUT2D eigenvalue weighted by atomic mass is 9.70. The molecule has 4 saturated carbocycles. The highest BCUT2D eigenvalue weighted by atomic mass is 16.5. The molecule has 168 valence electrons. The largest absolute Gasteiger partial charge is 0.375 e. The topological polar surface area (TPSA) is 49.9 Å². The molecular formula is C25H40N2O3. The van der Waals surface area contributed by atoms with E-state index in [1.807, 2.05) is 9.80 Å². The van der Waals surface area contributed by atoms with E-state index in [4.69, 9.17) is 4.74 Å². The summed E-state index contributed by atoms with van der Waals surface area (Å²) in [6.07, 6.45) is 15.4. The summed E-state index contributed by atoms with van der Waals surface area (Å²) in [5.74, 6) is 2.50. The summed E-state index contributed by atoms with van der Waals surface area (Å²) < 4.78 is 6.22. The van der Waals surface area contributed by atoms with E-state index in [0.29, 0.717) is 24.0 Å². The van der Waals surface area contributed by atoms with Crippen LogP contribution in [0.5, 0.6) is 0 Å². The lowest BCUT2D eigenvalue weighted by molar-refractivity contribution is -0.145. The van der Waals surface area contributed by atoms with Crippen LogP contribution in [-0.2, 0) is 14.3 Å². The summed E-state index contributed by atoms with van der Waals surface area (Å²) in [5, 5.41) is 0. The molecule has 30 heavy (non-hydrogen) atoms. The zero-order valence-electron chi connectivity index (χ0n) is 18.8. The molecule has 0 aromatic carbocycles. The van der Waals surface area contributed by atoms with Crippen molar-refractivity contribution in [3.63, 3.8) is 0 Å². The van der Waals surface area contributed by atoms with E-state index in [1.165, 1.54) is 51.4 Å². The Kier molecular flexibility index (Phi) is 5.85. The van der Waals surface area contributed by atoms with Crippen molar-refractivity contribution >= 4 is 11.8 Å². The molecule has 2 amide bonds. The monoisotopic (exact) mass is 416 g/mol. The molecule has 1 aliphatic heterocycles. The number of hydrogen-bond donors (Lipinski definition) is 0. The van der Waals surface area contributed by atoms with Crippen molar-refractivity contribution in [3.8, 4) is 0 Å². The second-order valence-corrected chi connectivity index (χ2v) is 11.2. The van der Waals surface area contributed by atoms with Crippen LogP contribution in [0.3, 0.4) is 0 Å². The first-order valence-electron chi connectivity index (χ1n) is 12.8. The molecule has 5 fully saturated rings. The lowest BCUT2D eigenvalue weighted by Gasteiger charge is -2.40. The normalized spacial score (nSPS) is 36.4. The summed E-state index contributed by atoms with van der Waals surface area (Å²) in [6.45, 7) is 4.98. The number of carbonyl (C=O) groups is 2. The van der Waals surface area contributed by atoms with Gasteiger partial charge in [-0.05, 0) is 82.5 Å². The molecule has 5 rings (SSSR count). The molecule has 1 saturated heterocycles. The van der Waals surface area contributed by atoms with E-state index in [9.17, 15) is 9.59 Å². The number of rotatable bonds is 5. The molecule has 5 heteroatoms. The predicted octanol–water partition coefficient (Wildman–Crippen LogP) is 4.00. The summed E-state index contributed by atoms with van der Waals surface area (Å²) in [4.78, 5) is 29.7. The smallest absolute Gasteiger partial charge is 0.228 e. The number of ether oxygens (including phenoxy) is 1. The molecule has 5 nitrogen and oxygen atoms in total. The molecule has 2 unspecified atom stereocenters. The molecule has 0 N–H and O–H groups in total. The Hall–Kier alpha value is -1.10. The molecule has 0 bridgehead atoms. The fourth-order valence-corrected chi connectivity index (χ4v) is 6.22. The van der Waals surface area contributed by atoms with Crippen molar-refractivity contribution in [1.82, 2.24) is 9.80 Å². The predicted molar refractivity (Wildman–Crippen MR) is 116 cm³/mol. The molecule has 4 aliphatic carbocycles. The SMILES string of the molecule is CC1(C(=O)N2CCN(C(=O)C3CCC(C4CCCC(OC5CC5)C4)CC3)CC2)CC1. The minimum absolute atomic E-state index is 0.0909. The summed E-state index contributed by atoms with van der Waals surface area (Å²) in [6, 6.07) is 0. The van der Waals surface area contributed by atoms with Gasteiger partial charge in [0.05, 0.1) is 12.2 Å². The molecule has 5 aliphatic rings. The van der Waals surface area contributed by atoms with Crippen molar-refractivity contribution in [3.05, 3.63) is 0 Å². The van der Waals surface area contributed by atoms with E-state index in [2.05, 4.69) is 6.92 Å². The maximum atomic E-state index is 13.1. The van der Waals surface area contributed by atoms with Gasteiger partial charge in [-0.25, -0.2) is 0 Å². The molecule has 2 atom stereocenters. The zero-order valence-corrected chi connectivity index (χ0v) is 18.8. The maximum Gasteiger partial charge on any atom is 0.228 e. The van der Waals surface area contributed by atoms with Crippen LogP contribution < -0.4 is 0 Å². The van der Waals surface area contributed by atoms with Gasteiger partial charge in [0, 0.05) is 37.5 Å². The Labute approximate surface area is 181 Å². The van der Waals surface area contributed by atoms with Crippen molar-refractivity contribution in [2.45, 2.75) is 96.2 Å². The van der Waals surface area contributed by atoms with Crippen molar-refractivity contribution in [2.24, 2.45) is 23.2 Å². The first-order valence-corrected chi connectivity index (χ1v) is 12.8. The third-order valence-electron chi connectivity index (χ3n) is 8.76. The average molecular weight is 417 g/mol. The van der Waals surface area contributed by atoms with Crippen molar-refractivity contribution in [2.75, 3.05) is 26.2 Å². The van der Waals surface area contributed by atoms with Crippen molar-refractivity contribution in [1.29, 1.82) is 0 Å². The van der Waals surface area contributed by atoms with Crippen LogP contribution >= 0.6 is 0 Å². The Balaban J connectivity index is 1.06. The van der Waals surface area contributed by atoms with E-state index in [-0.39, 0.29) is 11.3 Å². The van der Waals surface area contributed by atoms with Gasteiger partial charge in [-0.3, -0.25) is 9.59 Å². The van der Waals surface area contributed by atoms with Gasteiger partial charge < -0.3 is 14.5 Å². The minimum Gasteiger partial charge on any atom is -0.375 e. The van der Waals surface area contributed by atoms with Gasteiger partial charge in [0.2, 0.25) is 11.8 Å². The summed E-state index contributed by atoms with van der Waals surface area (Å²) >= 11 is 0. The maximum absolute atomic E-state index is 13.1. The first-order chi connectivity index (χ1) is 14.5. The van der Waals surface area contributed by atoms with E-state index >= 15 is 0 Å². The van der Waals surface area contributed by atoms with E-state index in [0.717, 1.165) is 63.7 Å². The van der Waals surface area contributed by atoms with E-state index < -0.39 is 0 Å². The van der Waals surface area contributed by atoms with Gasteiger partial charge in [-0.1, -0.05) is 13.3 Å². The van der Waals surface area contributed by atoms with Crippen LogP contribution in [0.25, 0.3) is 0 Å². The van der Waals surface area contributed by atoms with Gasteiger partial charge in [-0.2, -0.15) is 0 Å². The number of amides is 2. The number of carbonyl (C=O) groups excluding carboxylic acids is 2. The van der Waals surface area contributed by atoms with Gasteiger partial charge in [0.25, 0.3) is 0 Å². The molecule has 0 aromatic rings. The van der Waals surface area contributed by atoms with E-state index in [1.54, 1.807) is 0 Å². The molecule has 0 aromatic heterocycles. The average Bonchev–Trinajstić information content (AvgIpc) is 3.72. The van der Waals surface area contributed by atoms with Crippen LogP contribution in [-0.4, -0.2) is 60.0 Å². The second kappa shape index (κ2) is 8.44. The van der Waals surface area contributed by atoms with Crippen molar-refractivity contribution < 1.29 is 14.3 Å². The molecular weight excluding hydrogens is 376 g/mol. The Morgan fingerprint density at radius 2 is 1.43 bits per heavy atom. The zero-order chi connectivity index (χ0) is 20.7.